The van der Waals surface area contributed by atoms with Gasteiger partial charge in [0, 0.05) is 11.4 Å². The van der Waals surface area contributed by atoms with Crippen LogP contribution in [0.2, 0.25) is 0 Å². The van der Waals surface area contributed by atoms with Gasteiger partial charge in [0.15, 0.2) is 5.13 Å². The van der Waals surface area contributed by atoms with Gasteiger partial charge in [0.1, 0.15) is 5.92 Å². The molecule has 1 aliphatic carbocycles. The molecule has 5 heteroatoms. The first-order chi connectivity index (χ1) is 10.2. The normalized spacial score (nSPS) is 19.0. The van der Waals surface area contributed by atoms with E-state index in [1.54, 1.807) is 11.3 Å². The standard InChI is InChI=1S/C16H26N2O2S/c1-3-5-7-11(4-2)10-17-16-18-14-12(15(19)20)8-6-9-13(14)21-16/h11-12H,3-10H2,1-2H3,(H,17,18)(H,19,20). The van der Waals surface area contributed by atoms with Crippen molar-refractivity contribution in [3.05, 3.63) is 10.6 Å². The van der Waals surface area contributed by atoms with E-state index in [4.69, 9.17) is 0 Å². The first-order valence-corrected chi connectivity index (χ1v) is 8.93. The second-order valence-corrected chi connectivity index (χ2v) is 6.99. The van der Waals surface area contributed by atoms with Crippen molar-refractivity contribution in [3.8, 4) is 0 Å². The Hall–Kier alpha value is -1.10. The van der Waals surface area contributed by atoms with E-state index in [1.807, 2.05) is 0 Å². The largest absolute Gasteiger partial charge is 0.481 e. The molecule has 0 spiro atoms. The van der Waals surface area contributed by atoms with Gasteiger partial charge in [0.05, 0.1) is 5.69 Å². The number of fused-ring (bicyclic) bond motifs is 1. The lowest BCUT2D eigenvalue weighted by atomic mass is 9.91. The Morgan fingerprint density at radius 1 is 1.52 bits per heavy atom. The smallest absolute Gasteiger partial charge is 0.312 e. The van der Waals surface area contributed by atoms with Crippen LogP contribution in [0.1, 0.15) is 68.9 Å². The highest BCUT2D eigenvalue weighted by Gasteiger charge is 2.29. The number of thiazole rings is 1. The van der Waals surface area contributed by atoms with Crippen LogP contribution in [-0.2, 0) is 11.2 Å². The predicted octanol–water partition coefficient (Wildman–Crippen LogP) is 4.28. The van der Waals surface area contributed by atoms with Gasteiger partial charge in [-0.3, -0.25) is 4.79 Å². The van der Waals surface area contributed by atoms with Gasteiger partial charge in [-0.15, -0.1) is 11.3 Å². The average molecular weight is 310 g/mol. The molecule has 0 aliphatic heterocycles. The predicted molar refractivity (Wildman–Crippen MR) is 87.2 cm³/mol. The first-order valence-electron chi connectivity index (χ1n) is 8.11. The van der Waals surface area contributed by atoms with E-state index in [2.05, 4.69) is 24.1 Å². The molecule has 0 fully saturated rings. The van der Waals surface area contributed by atoms with Crippen LogP contribution in [0.4, 0.5) is 5.13 Å². The summed E-state index contributed by atoms with van der Waals surface area (Å²) in [6.07, 6.45) is 7.60. The zero-order chi connectivity index (χ0) is 15.2. The number of aromatic nitrogens is 1. The molecule has 2 unspecified atom stereocenters. The lowest BCUT2D eigenvalue weighted by molar-refractivity contribution is -0.139. The number of hydrogen-bond donors (Lipinski definition) is 2. The number of rotatable bonds is 8. The molecule has 2 N–H and O–H groups in total. The summed E-state index contributed by atoms with van der Waals surface area (Å²) in [7, 11) is 0. The lowest BCUT2D eigenvalue weighted by Gasteiger charge is -2.16. The second kappa shape index (κ2) is 7.78. The molecule has 2 atom stereocenters. The summed E-state index contributed by atoms with van der Waals surface area (Å²) in [5.41, 5.74) is 0.808. The molecule has 1 aliphatic rings. The van der Waals surface area contributed by atoms with Gasteiger partial charge < -0.3 is 10.4 Å². The van der Waals surface area contributed by atoms with Crippen LogP contribution in [0.25, 0.3) is 0 Å². The molecule has 0 bridgehead atoms. The monoisotopic (exact) mass is 310 g/mol. The molecular formula is C16H26N2O2S. The maximum absolute atomic E-state index is 11.3. The van der Waals surface area contributed by atoms with Crippen molar-refractivity contribution in [3.63, 3.8) is 0 Å². The Morgan fingerprint density at radius 2 is 2.33 bits per heavy atom. The fourth-order valence-electron chi connectivity index (χ4n) is 2.91. The Labute approximate surface area is 131 Å². The van der Waals surface area contributed by atoms with Gasteiger partial charge in [-0.05, 0) is 31.6 Å². The highest BCUT2D eigenvalue weighted by molar-refractivity contribution is 7.15. The fraction of sp³-hybridized carbons (Fsp3) is 0.750. The molecule has 1 aromatic rings. The molecule has 0 amide bonds. The van der Waals surface area contributed by atoms with Gasteiger partial charge in [0.25, 0.3) is 0 Å². The zero-order valence-corrected chi connectivity index (χ0v) is 13.8. The average Bonchev–Trinajstić information content (AvgIpc) is 2.89. The number of carbonyl (C=O) groups is 1. The first kappa shape index (κ1) is 16.3. The Kier molecular flexibility index (Phi) is 6.03. The minimum absolute atomic E-state index is 0.400. The minimum atomic E-state index is -0.734. The number of aryl methyl sites for hydroxylation is 1. The molecule has 0 aromatic carbocycles. The van der Waals surface area contributed by atoms with Crippen molar-refractivity contribution >= 4 is 22.4 Å². The van der Waals surface area contributed by atoms with Crippen LogP contribution < -0.4 is 5.32 Å². The summed E-state index contributed by atoms with van der Waals surface area (Å²) in [6.45, 7) is 5.40. The number of aliphatic carboxylic acids is 1. The fourth-order valence-corrected chi connectivity index (χ4v) is 3.98. The molecule has 1 heterocycles. The van der Waals surface area contributed by atoms with Crippen LogP contribution >= 0.6 is 11.3 Å². The van der Waals surface area contributed by atoms with Crippen LogP contribution in [0.15, 0.2) is 0 Å². The maximum Gasteiger partial charge on any atom is 0.312 e. The van der Waals surface area contributed by atoms with Crippen molar-refractivity contribution < 1.29 is 9.90 Å². The van der Waals surface area contributed by atoms with E-state index in [-0.39, 0.29) is 0 Å². The molecule has 0 saturated carbocycles. The third-order valence-corrected chi connectivity index (χ3v) is 5.43. The Balaban J connectivity index is 1.97. The molecular weight excluding hydrogens is 284 g/mol. The van der Waals surface area contributed by atoms with Gasteiger partial charge in [0.2, 0.25) is 0 Å². The molecule has 0 radical (unpaired) electrons. The highest BCUT2D eigenvalue weighted by atomic mass is 32.1. The van der Waals surface area contributed by atoms with E-state index in [0.29, 0.717) is 5.92 Å². The summed E-state index contributed by atoms with van der Waals surface area (Å²) >= 11 is 1.65. The minimum Gasteiger partial charge on any atom is -0.481 e. The van der Waals surface area contributed by atoms with Gasteiger partial charge in [-0.1, -0.05) is 33.1 Å². The van der Waals surface area contributed by atoms with Crippen LogP contribution in [0.3, 0.4) is 0 Å². The number of unbranched alkanes of at least 4 members (excludes halogenated alkanes) is 1. The van der Waals surface area contributed by atoms with Crippen LogP contribution in [-0.4, -0.2) is 22.6 Å². The number of anilines is 1. The molecule has 0 saturated heterocycles. The van der Waals surface area contributed by atoms with E-state index < -0.39 is 11.9 Å². The van der Waals surface area contributed by atoms with E-state index >= 15 is 0 Å². The van der Waals surface area contributed by atoms with E-state index in [1.165, 1.54) is 25.7 Å². The Morgan fingerprint density at radius 3 is 3.00 bits per heavy atom. The quantitative estimate of drug-likeness (QED) is 0.752. The number of nitrogens with one attached hydrogen (secondary N) is 1. The molecule has 118 valence electrons. The summed E-state index contributed by atoms with van der Waals surface area (Å²) in [6, 6.07) is 0. The van der Waals surface area contributed by atoms with E-state index in [0.717, 1.165) is 41.5 Å². The van der Waals surface area contributed by atoms with Crippen LogP contribution in [0.5, 0.6) is 0 Å². The highest BCUT2D eigenvalue weighted by Crippen LogP contribution is 2.36. The van der Waals surface area contributed by atoms with Crippen molar-refractivity contribution in [1.82, 2.24) is 4.98 Å². The summed E-state index contributed by atoms with van der Waals surface area (Å²) in [4.78, 5) is 17.0. The van der Waals surface area contributed by atoms with Gasteiger partial charge in [-0.2, -0.15) is 0 Å². The second-order valence-electron chi connectivity index (χ2n) is 5.91. The van der Waals surface area contributed by atoms with Crippen molar-refractivity contribution in [2.24, 2.45) is 5.92 Å². The number of carboxylic acid groups (broad SMARTS) is 1. The molecule has 4 nitrogen and oxygen atoms in total. The third kappa shape index (κ3) is 4.19. The molecule has 1 aromatic heterocycles. The summed E-state index contributed by atoms with van der Waals surface area (Å²) in [5.74, 6) is -0.453. The van der Waals surface area contributed by atoms with Gasteiger partial charge >= 0.3 is 5.97 Å². The van der Waals surface area contributed by atoms with E-state index in [9.17, 15) is 9.90 Å². The number of nitrogens with zero attached hydrogens (tertiary/aromatic N) is 1. The SMILES string of the molecule is CCCCC(CC)CNc1nc2c(s1)CCCC2C(=O)O. The Bertz CT molecular complexity index is 473. The third-order valence-electron chi connectivity index (χ3n) is 4.34. The topological polar surface area (TPSA) is 62.2 Å². The summed E-state index contributed by atoms with van der Waals surface area (Å²) in [5, 5.41) is 13.6. The van der Waals surface area contributed by atoms with Crippen molar-refractivity contribution in [2.45, 2.75) is 64.7 Å². The lowest BCUT2D eigenvalue weighted by Crippen LogP contribution is -2.17. The summed E-state index contributed by atoms with van der Waals surface area (Å²) < 4.78 is 0. The van der Waals surface area contributed by atoms with Crippen molar-refractivity contribution in [1.29, 1.82) is 0 Å². The zero-order valence-electron chi connectivity index (χ0n) is 13.0. The molecule has 21 heavy (non-hydrogen) atoms. The number of hydrogen-bond acceptors (Lipinski definition) is 4. The van der Waals surface area contributed by atoms with Crippen molar-refractivity contribution in [2.75, 3.05) is 11.9 Å². The van der Waals surface area contributed by atoms with Gasteiger partial charge in [-0.25, -0.2) is 4.98 Å². The van der Waals surface area contributed by atoms with Crippen LogP contribution in [0, 0.1) is 5.92 Å². The number of carboxylic acids is 1. The molecule has 2 rings (SSSR count). The maximum atomic E-state index is 11.3.